The third-order valence-corrected chi connectivity index (χ3v) is 4.48. The Morgan fingerprint density at radius 1 is 1.32 bits per heavy atom. The third-order valence-electron chi connectivity index (χ3n) is 3.75. The highest BCUT2D eigenvalue weighted by atomic mass is 32.1. The van der Waals surface area contributed by atoms with Crippen molar-refractivity contribution in [2.75, 3.05) is 11.9 Å². The van der Waals surface area contributed by atoms with Crippen molar-refractivity contribution in [3.05, 3.63) is 64.7 Å². The quantitative estimate of drug-likeness (QED) is 0.547. The maximum absolute atomic E-state index is 12.1. The summed E-state index contributed by atoms with van der Waals surface area (Å²) in [5.74, 6) is 1.12. The van der Waals surface area contributed by atoms with Gasteiger partial charge in [0.2, 0.25) is 0 Å². The number of H-pyrrole nitrogens is 1. The number of hydrogen-bond donors (Lipinski definition) is 2. The third kappa shape index (κ3) is 3.41. The van der Waals surface area contributed by atoms with Crippen LogP contribution in [0.5, 0.6) is 5.75 Å². The number of nitrogens with zero attached hydrogens (tertiary/aromatic N) is 1. The van der Waals surface area contributed by atoms with Crippen molar-refractivity contribution in [1.82, 2.24) is 10.2 Å². The molecule has 0 fully saturated rings. The number of carbonyl (C=O) groups excluding carboxylic acids is 1. The molecule has 0 saturated heterocycles. The second-order valence-corrected chi connectivity index (χ2v) is 6.22. The molecule has 25 heavy (non-hydrogen) atoms. The van der Waals surface area contributed by atoms with Crippen molar-refractivity contribution in [2.45, 2.75) is 6.42 Å². The summed E-state index contributed by atoms with van der Waals surface area (Å²) in [4.78, 5) is 12.1. The SMILES string of the molecule is O=C(Nc1n[nH]c2cc(OCCc3ccsc3)ccc12)c1ccco1. The lowest BCUT2D eigenvalue weighted by Crippen LogP contribution is -2.11. The number of anilines is 1. The molecule has 0 saturated carbocycles. The van der Waals surface area contributed by atoms with E-state index in [4.69, 9.17) is 9.15 Å². The van der Waals surface area contributed by atoms with Gasteiger partial charge in [0.25, 0.3) is 5.91 Å². The summed E-state index contributed by atoms with van der Waals surface area (Å²) in [6.07, 6.45) is 2.33. The molecule has 0 aliphatic rings. The van der Waals surface area contributed by atoms with E-state index in [-0.39, 0.29) is 11.7 Å². The fourth-order valence-electron chi connectivity index (χ4n) is 2.48. The van der Waals surface area contributed by atoms with Crippen LogP contribution in [-0.2, 0) is 6.42 Å². The number of carbonyl (C=O) groups is 1. The number of amides is 1. The minimum atomic E-state index is -0.338. The molecular weight excluding hydrogens is 338 g/mol. The molecule has 4 rings (SSSR count). The monoisotopic (exact) mass is 353 g/mol. The Hall–Kier alpha value is -3.06. The molecule has 6 nitrogen and oxygen atoms in total. The zero-order valence-electron chi connectivity index (χ0n) is 13.2. The van der Waals surface area contributed by atoms with Crippen LogP contribution in [0.1, 0.15) is 16.1 Å². The zero-order valence-corrected chi connectivity index (χ0v) is 14.0. The molecule has 0 aliphatic heterocycles. The van der Waals surface area contributed by atoms with Gasteiger partial charge in [-0.1, -0.05) is 0 Å². The Balaban J connectivity index is 1.44. The van der Waals surface area contributed by atoms with E-state index >= 15 is 0 Å². The van der Waals surface area contributed by atoms with Crippen molar-refractivity contribution in [3.63, 3.8) is 0 Å². The standard InChI is InChI=1S/C18H15N3O3S/c22-18(16-2-1-7-24-16)19-17-14-4-3-13(10-15(14)20-21-17)23-8-5-12-6-9-25-11-12/h1-4,6-7,9-11H,5,8H2,(H2,19,20,21,22). The van der Waals surface area contributed by atoms with Gasteiger partial charge in [0.15, 0.2) is 11.6 Å². The summed E-state index contributed by atoms with van der Waals surface area (Å²) >= 11 is 1.68. The van der Waals surface area contributed by atoms with E-state index in [1.54, 1.807) is 23.5 Å². The highest BCUT2D eigenvalue weighted by molar-refractivity contribution is 7.07. The Morgan fingerprint density at radius 3 is 3.08 bits per heavy atom. The summed E-state index contributed by atoms with van der Waals surface area (Å²) < 4.78 is 10.9. The Bertz CT molecular complexity index is 975. The second kappa shape index (κ2) is 6.82. The van der Waals surface area contributed by atoms with Gasteiger partial charge in [-0.3, -0.25) is 9.89 Å². The van der Waals surface area contributed by atoms with Crippen molar-refractivity contribution in [3.8, 4) is 5.75 Å². The molecular formula is C18H15N3O3S. The summed E-state index contributed by atoms with van der Waals surface area (Å²) in [6, 6.07) is 11.0. The van der Waals surface area contributed by atoms with Crippen LogP contribution >= 0.6 is 11.3 Å². The number of thiophene rings is 1. The highest BCUT2D eigenvalue weighted by Gasteiger charge is 2.13. The highest BCUT2D eigenvalue weighted by Crippen LogP contribution is 2.25. The van der Waals surface area contributed by atoms with E-state index in [0.29, 0.717) is 12.4 Å². The van der Waals surface area contributed by atoms with Gasteiger partial charge >= 0.3 is 0 Å². The molecule has 0 atom stereocenters. The number of aromatic nitrogens is 2. The number of ether oxygens (including phenoxy) is 1. The van der Waals surface area contributed by atoms with E-state index in [9.17, 15) is 4.79 Å². The molecule has 2 N–H and O–H groups in total. The number of benzene rings is 1. The van der Waals surface area contributed by atoms with Gasteiger partial charge < -0.3 is 14.5 Å². The number of nitrogens with one attached hydrogen (secondary N) is 2. The van der Waals surface area contributed by atoms with Crippen LogP contribution in [0, 0.1) is 0 Å². The Labute approximate surface area is 147 Å². The topological polar surface area (TPSA) is 80.2 Å². The van der Waals surface area contributed by atoms with Gasteiger partial charge in [0.1, 0.15) is 5.75 Å². The number of furan rings is 1. The van der Waals surface area contributed by atoms with Crippen molar-refractivity contribution in [2.24, 2.45) is 0 Å². The zero-order chi connectivity index (χ0) is 17.1. The lowest BCUT2D eigenvalue weighted by molar-refractivity contribution is 0.0996. The van der Waals surface area contributed by atoms with Crippen LogP contribution in [0.15, 0.2) is 57.8 Å². The van der Waals surface area contributed by atoms with Crippen LogP contribution in [0.25, 0.3) is 10.9 Å². The lowest BCUT2D eigenvalue weighted by Gasteiger charge is -2.05. The summed E-state index contributed by atoms with van der Waals surface area (Å²) in [5, 5.41) is 14.8. The molecule has 0 radical (unpaired) electrons. The predicted octanol–water partition coefficient (Wildman–Crippen LogP) is 4.09. The van der Waals surface area contributed by atoms with Crippen molar-refractivity contribution in [1.29, 1.82) is 0 Å². The average molecular weight is 353 g/mol. The van der Waals surface area contributed by atoms with E-state index in [2.05, 4.69) is 32.3 Å². The van der Waals surface area contributed by atoms with Gasteiger partial charge in [0, 0.05) is 17.9 Å². The van der Waals surface area contributed by atoms with E-state index in [1.807, 2.05) is 18.2 Å². The molecule has 0 unspecified atom stereocenters. The second-order valence-electron chi connectivity index (χ2n) is 5.44. The Kier molecular flexibility index (Phi) is 4.22. The van der Waals surface area contributed by atoms with Crippen molar-refractivity contribution >= 4 is 34.0 Å². The van der Waals surface area contributed by atoms with Crippen molar-refractivity contribution < 1.29 is 13.9 Å². The summed E-state index contributed by atoms with van der Waals surface area (Å²) in [6.45, 7) is 0.610. The number of hydrogen-bond acceptors (Lipinski definition) is 5. The molecule has 126 valence electrons. The van der Waals surface area contributed by atoms with E-state index < -0.39 is 0 Å². The van der Waals surface area contributed by atoms with Crippen LogP contribution in [-0.4, -0.2) is 22.7 Å². The number of aromatic amines is 1. The van der Waals surface area contributed by atoms with Gasteiger partial charge in [-0.15, -0.1) is 0 Å². The van der Waals surface area contributed by atoms with Crippen LogP contribution in [0.3, 0.4) is 0 Å². The van der Waals surface area contributed by atoms with Gasteiger partial charge in [-0.25, -0.2) is 0 Å². The number of rotatable bonds is 6. The predicted molar refractivity (Wildman–Crippen MR) is 96.3 cm³/mol. The van der Waals surface area contributed by atoms with Gasteiger partial charge in [0.05, 0.1) is 18.4 Å². The molecule has 1 aromatic carbocycles. The first-order valence-corrected chi connectivity index (χ1v) is 8.71. The molecule has 0 aliphatic carbocycles. The molecule has 3 aromatic heterocycles. The largest absolute Gasteiger partial charge is 0.493 e. The molecule has 0 bridgehead atoms. The average Bonchev–Trinajstić information content (AvgIpc) is 3.37. The maximum atomic E-state index is 12.1. The van der Waals surface area contributed by atoms with E-state index in [1.165, 1.54) is 11.8 Å². The molecule has 7 heteroatoms. The fraction of sp³-hybridized carbons (Fsp3) is 0.111. The van der Waals surface area contributed by atoms with E-state index in [0.717, 1.165) is 23.1 Å². The van der Waals surface area contributed by atoms with Gasteiger partial charge in [-0.2, -0.15) is 16.4 Å². The molecule has 3 heterocycles. The Morgan fingerprint density at radius 2 is 2.28 bits per heavy atom. The first kappa shape index (κ1) is 15.5. The molecule has 4 aromatic rings. The number of fused-ring (bicyclic) bond motifs is 1. The fourth-order valence-corrected chi connectivity index (χ4v) is 3.19. The molecule has 1 amide bonds. The van der Waals surface area contributed by atoms with Crippen LogP contribution < -0.4 is 10.1 Å². The first-order chi connectivity index (χ1) is 12.3. The lowest BCUT2D eigenvalue weighted by atomic mass is 10.2. The minimum Gasteiger partial charge on any atom is -0.493 e. The minimum absolute atomic E-state index is 0.240. The van der Waals surface area contributed by atoms with Gasteiger partial charge in [-0.05, 0) is 46.7 Å². The smallest absolute Gasteiger partial charge is 0.292 e. The summed E-state index contributed by atoms with van der Waals surface area (Å²) in [7, 11) is 0. The van der Waals surface area contributed by atoms with Crippen LogP contribution in [0.2, 0.25) is 0 Å². The summed E-state index contributed by atoms with van der Waals surface area (Å²) in [5.41, 5.74) is 2.07. The first-order valence-electron chi connectivity index (χ1n) is 7.76. The molecule has 0 spiro atoms. The van der Waals surface area contributed by atoms with Crippen LogP contribution in [0.4, 0.5) is 5.82 Å². The normalized spacial score (nSPS) is 10.9. The maximum Gasteiger partial charge on any atom is 0.292 e.